The zero-order valence-electron chi connectivity index (χ0n) is 11.7. The molecule has 1 heterocycles. The second kappa shape index (κ2) is 6.74. The van der Waals surface area contributed by atoms with Gasteiger partial charge in [0.05, 0.1) is 18.0 Å². The van der Waals surface area contributed by atoms with Crippen molar-refractivity contribution < 1.29 is 4.74 Å². The van der Waals surface area contributed by atoms with E-state index in [1.165, 1.54) is 0 Å². The molecule has 0 spiro atoms. The Balaban J connectivity index is 2.36. The van der Waals surface area contributed by atoms with Gasteiger partial charge in [0.1, 0.15) is 0 Å². The van der Waals surface area contributed by atoms with Gasteiger partial charge in [-0.05, 0) is 48.0 Å². The molecular formula is C14H17Br2N3O. The fourth-order valence-electron chi connectivity index (χ4n) is 1.97. The lowest BCUT2D eigenvalue weighted by Gasteiger charge is -2.16. The summed E-state index contributed by atoms with van der Waals surface area (Å²) in [6.45, 7) is 4.68. The van der Waals surface area contributed by atoms with E-state index >= 15 is 0 Å². The van der Waals surface area contributed by atoms with Gasteiger partial charge in [-0.25, -0.2) is 4.98 Å². The summed E-state index contributed by atoms with van der Waals surface area (Å²) in [5, 5.41) is 3.37. The van der Waals surface area contributed by atoms with Crippen LogP contribution in [0.5, 0.6) is 0 Å². The number of hydrogen-bond donors (Lipinski definition) is 1. The number of hydrogen-bond acceptors (Lipinski definition) is 3. The Morgan fingerprint density at radius 3 is 2.80 bits per heavy atom. The van der Waals surface area contributed by atoms with E-state index in [1.807, 2.05) is 35.9 Å². The van der Waals surface area contributed by atoms with Gasteiger partial charge in [-0.2, -0.15) is 0 Å². The van der Waals surface area contributed by atoms with Crippen LogP contribution in [0.15, 0.2) is 33.3 Å². The molecule has 108 valence electrons. The second-order valence-electron chi connectivity index (χ2n) is 4.67. The predicted octanol–water partition coefficient (Wildman–Crippen LogP) is 4.15. The van der Waals surface area contributed by atoms with Crippen LogP contribution in [0.4, 0.5) is 5.95 Å². The van der Waals surface area contributed by atoms with Gasteiger partial charge in [0.15, 0.2) is 0 Å². The van der Waals surface area contributed by atoms with Crippen molar-refractivity contribution in [2.45, 2.75) is 19.9 Å². The quantitative estimate of drug-likeness (QED) is 0.816. The van der Waals surface area contributed by atoms with Crippen LogP contribution in [-0.4, -0.2) is 29.3 Å². The molecule has 1 atom stereocenters. The summed E-state index contributed by atoms with van der Waals surface area (Å²) in [7, 11) is 1.70. The number of nitrogens with one attached hydrogen (secondary N) is 1. The highest BCUT2D eigenvalue weighted by molar-refractivity contribution is 9.11. The van der Waals surface area contributed by atoms with Crippen molar-refractivity contribution in [3.63, 3.8) is 0 Å². The van der Waals surface area contributed by atoms with Crippen molar-refractivity contribution >= 4 is 37.8 Å². The molecule has 2 rings (SSSR count). The Morgan fingerprint density at radius 2 is 2.15 bits per heavy atom. The Labute approximate surface area is 135 Å². The van der Waals surface area contributed by atoms with E-state index in [9.17, 15) is 0 Å². The van der Waals surface area contributed by atoms with Crippen molar-refractivity contribution in [1.29, 1.82) is 0 Å². The van der Waals surface area contributed by atoms with E-state index in [0.717, 1.165) is 26.3 Å². The van der Waals surface area contributed by atoms with E-state index in [2.05, 4.69) is 49.1 Å². The standard InChI is InChI=1S/C14H17Br2N3O/c1-9-7-19(13-5-4-11(15)6-12(13)16)14(17-9)18-10(2)8-20-3/h4-7,10H,8H2,1-3H3,(H,17,18). The highest BCUT2D eigenvalue weighted by Gasteiger charge is 2.12. The molecule has 0 saturated heterocycles. The first-order valence-electron chi connectivity index (χ1n) is 6.28. The number of nitrogens with zero attached hydrogens (tertiary/aromatic N) is 2. The predicted molar refractivity (Wildman–Crippen MR) is 88.7 cm³/mol. The largest absolute Gasteiger partial charge is 0.383 e. The number of ether oxygens (including phenoxy) is 1. The lowest BCUT2D eigenvalue weighted by molar-refractivity contribution is 0.190. The van der Waals surface area contributed by atoms with Crippen LogP contribution in [-0.2, 0) is 4.74 Å². The molecule has 2 aromatic rings. The number of aryl methyl sites for hydroxylation is 1. The van der Waals surface area contributed by atoms with E-state index < -0.39 is 0 Å². The van der Waals surface area contributed by atoms with Crippen molar-refractivity contribution in [3.05, 3.63) is 39.0 Å². The molecule has 0 fully saturated rings. The van der Waals surface area contributed by atoms with Gasteiger partial charge in [0.25, 0.3) is 0 Å². The average Bonchev–Trinajstić information content (AvgIpc) is 2.70. The van der Waals surface area contributed by atoms with E-state index in [0.29, 0.717) is 6.61 Å². The second-order valence-corrected chi connectivity index (χ2v) is 6.44. The maximum Gasteiger partial charge on any atom is 0.208 e. The Hall–Kier alpha value is -0.850. The monoisotopic (exact) mass is 401 g/mol. The highest BCUT2D eigenvalue weighted by Crippen LogP contribution is 2.28. The topological polar surface area (TPSA) is 39.1 Å². The van der Waals surface area contributed by atoms with E-state index in [4.69, 9.17) is 4.74 Å². The molecule has 1 unspecified atom stereocenters. The van der Waals surface area contributed by atoms with Crippen molar-refractivity contribution in [3.8, 4) is 5.69 Å². The highest BCUT2D eigenvalue weighted by atomic mass is 79.9. The molecule has 20 heavy (non-hydrogen) atoms. The molecule has 0 aliphatic carbocycles. The summed E-state index contributed by atoms with van der Waals surface area (Å²) in [6, 6.07) is 6.27. The minimum atomic E-state index is 0.190. The lowest BCUT2D eigenvalue weighted by atomic mass is 10.3. The van der Waals surface area contributed by atoms with Crippen molar-refractivity contribution in [2.75, 3.05) is 19.0 Å². The third-order valence-electron chi connectivity index (χ3n) is 2.79. The summed E-state index contributed by atoms with van der Waals surface area (Å²) in [6.07, 6.45) is 2.01. The Bertz CT molecular complexity index is 598. The van der Waals surface area contributed by atoms with Crippen LogP contribution >= 0.6 is 31.9 Å². The van der Waals surface area contributed by atoms with Gasteiger partial charge in [0, 0.05) is 28.3 Å². The molecule has 1 aromatic heterocycles. The molecule has 0 amide bonds. The molecule has 6 heteroatoms. The number of imidazole rings is 1. The maximum absolute atomic E-state index is 5.15. The fourth-order valence-corrected chi connectivity index (χ4v) is 3.21. The number of benzene rings is 1. The zero-order valence-corrected chi connectivity index (χ0v) is 14.8. The van der Waals surface area contributed by atoms with Crippen LogP contribution in [0.2, 0.25) is 0 Å². The lowest BCUT2D eigenvalue weighted by Crippen LogP contribution is -2.22. The fraction of sp³-hybridized carbons (Fsp3) is 0.357. The van der Waals surface area contributed by atoms with Gasteiger partial charge in [0.2, 0.25) is 5.95 Å². The number of aromatic nitrogens is 2. The molecule has 0 radical (unpaired) electrons. The molecule has 0 bridgehead atoms. The molecule has 0 aliphatic heterocycles. The van der Waals surface area contributed by atoms with Gasteiger partial charge < -0.3 is 10.1 Å². The van der Waals surface area contributed by atoms with Crippen molar-refractivity contribution in [2.24, 2.45) is 0 Å². The average molecular weight is 403 g/mol. The molecule has 1 aromatic carbocycles. The van der Waals surface area contributed by atoms with Crippen LogP contribution in [0.25, 0.3) is 5.69 Å². The molecular weight excluding hydrogens is 386 g/mol. The first-order valence-corrected chi connectivity index (χ1v) is 7.86. The third-order valence-corrected chi connectivity index (χ3v) is 3.92. The summed E-state index contributed by atoms with van der Waals surface area (Å²) < 4.78 is 9.23. The normalized spacial score (nSPS) is 12.4. The van der Waals surface area contributed by atoms with Gasteiger partial charge in [-0.3, -0.25) is 4.57 Å². The number of rotatable bonds is 5. The number of halogens is 2. The van der Waals surface area contributed by atoms with Gasteiger partial charge in [-0.15, -0.1) is 0 Å². The third kappa shape index (κ3) is 3.62. The summed E-state index contributed by atoms with van der Waals surface area (Å²) in [5.41, 5.74) is 2.01. The molecule has 4 nitrogen and oxygen atoms in total. The minimum absolute atomic E-state index is 0.190. The first-order chi connectivity index (χ1) is 9.51. The molecule has 0 saturated carbocycles. The van der Waals surface area contributed by atoms with Crippen LogP contribution in [0.3, 0.4) is 0 Å². The Morgan fingerprint density at radius 1 is 1.40 bits per heavy atom. The van der Waals surface area contributed by atoms with Gasteiger partial charge in [-0.1, -0.05) is 15.9 Å². The SMILES string of the molecule is COCC(C)Nc1nc(C)cn1-c1ccc(Br)cc1Br. The van der Waals surface area contributed by atoms with Crippen LogP contribution in [0, 0.1) is 6.92 Å². The van der Waals surface area contributed by atoms with Crippen LogP contribution in [0.1, 0.15) is 12.6 Å². The summed E-state index contributed by atoms with van der Waals surface area (Å²) in [4.78, 5) is 4.54. The smallest absolute Gasteiger partial charge is 0.208 e. The molecule has 1 N–H and O–H groups in total. The molecule has 0 aliphatic rings. The zero-order chi connectivity index (χ0) is 14.7. The first kappa shape index (κ1) is 15.5. The number of anilines is 1. The maximum atomic E-state index is 5.15. The summed E-state index contributed by atoms with van der Waals surface area (Å²) in [5.74, 6) is 0.815. The van der Waals surface area contributed by atoms with Crippen LogP contribution < -0.4 is 5.32 Å². The summed E-state index contributed by atoms with van der Waals surface area (Å²) >= 11 is 7.06. The minimum Gasteiger partial charge on any atom is -0.383 e. The van der Waals surface area contributed by atoms with Gasteiger partial charge >= 0.3 is 0 Å². The Kier molecular flexibility index (Phi) is 5.23. The number of methoxy groups -OCH3 is 1. The van der Waals surface area contributed by atoms with E-state index in [1.54, 1.807) is 7.11 Å². The van der Waals surface area contributed by atoms with Crippen molar-refractivity contribution in [1.82, 2.24) is 9.55 Å². The van der Waals surface area contributed by atoms with E-state index in [-0.39, 0.29) is 6.04 Å².